The van der Waals surface area contributed by atoms with Gasteiger partial charge in [0, 0.05) is 30.7 Å². The molecular weight excluding hydrogens is 316 g/mol. The van der Waals surface area contributed by atoms with Crippen molar-refractivity contribution in [2.45, 2.75) is 38.8 Å². The predicted octanol–water partition coefficient (Wildman–Crippen LogP) is 3.56. The smallest absolute Gasteiger partial charge is 0.0637 e. The third-order valence-corrected chi connectivity index (χ3v) is 4.24. The fourth-order valence-electron chi connectivity index (χ4n) is 2.38. The second-order valence-electron chi connectivity index (χ2n) is 5.38. The van der Waals surface area contributed by atoms with Gasteiger partial charge in [-0.25, -0.2) is 0 Å². The summed E-state index contributed by atoms with van der Waals surface area (Å²) in [6.45, 7) is 5.95. The molecule has 0 unspecified atom stereocenters. The first-order chi connectivity index (χ1) is 9.76. The van der Waals surface area contributed by atoms with Crippen LogP contribution in [0.15, 0.2) is 22.7 Å². The van der Waals surface area contributed by atoms with Crippen LogP contribution < -0.4 is 10.2 Å². The van der Waals surface area contributed by atoms with Gasteiger partial charge in [-0.2, -0.15) is 0 Å². The maximum Gasteiger partial charge on any atom is 0.0637 e. The molecule has 1 aromatic carbocycles. The monoisotopic (exact) mass is 340 g/mol. The van der Waals surface area contributed by atoms with E-state index in [0.29, 0.717) is 6.04 Å². The van der Waals surface area contributed by atoms with Gasteiger partial charge in [0.25, 0.3) is 0 Å². The molecule has 0 radical (unpaired) electrons. The molecule has 0 spiro atoms. The highest BCUT2D eigenvalue weighted by Gasteiger charge is 2.29. The van der Waals surface area contributed by atoms with Crippen LogP contribution >= 0.6 is 15.9 Å². The Morgan fingerprint density at radius 2 is 2.20 bits per heavy atom. The topological polar surface area (TPSA) is 24.5 Å². The van der Waals surface area contributed by atoms with Gasteiger partial charge in [0.1, 0.15) is 0 Å². The van der Waals surface area contributed by atoms with Gasteiger partial charge in [0.15, 0.2) is 0 Å². The number of nitrogens with zero attached hydrogens (tertiary/aromatic N) is 1. The first kappa shape index (κ1) is 15.8. The lowest BCUT2D eigenvalue weighted by Crippen LogP contribution is -2.29. The van der Waals surface area contributed by atoms with E-state index in [4.69, 9.17) is 4.74 Å². The maximum atomic E-state index is 5.23. The summed E-state index contributed by atoms with van der Waals surface area (Å²) in [5.41, 5.74) is 2.63. The molecule has 3 nitrogen and oxygen atoms in total. The first-order valence-corrected chi connectivity index (χ1v) is 8.30. The molecular formula is C16H25BrN2O. The lowest BCUT2D eigenvalue weighted by atomic mass is 10.2. The largest absolute Gasteiger partial charge is 0.383 e. The highest BCUT2D eigenvalue weighted by Crippen LogP contribution is 2.36. The highest BCUT2D eigenvalue weighted by molar-refractivity contribution is 9.10. The molecule has 1 fully saturated rings. The van der Waals surface area contributed by atoms with Crippen molar-refractivity contribution in [2.75, 3.05) is 31.7 Å². The van der Waals surface area contributed by atoms with Crippen molar-refractivity contribution in [2.24, 2.45) is 0 Å². The van der Waals surface area contributed by atoms with Gasteiger partial charge in [0.2, 0.25) is 0 Å². The number of ether oxygens (including phenoxy) is 1. The summed E-state index contributed by atoms with van der Waals surface area (Å²) in [5.74, 6) is 0. The van der Waals surface area contributed by atoms with Crippen LogP contribution in [0.4, 0.5) is 5.69 Å². The van der Waals surface area contributed by atoms with Gasteiger partial charge >= 0.3 is 0 Å². The van der Waals surface area contributed by atoms with E-state index in [1.165, 1.54) is 35.0 Å². The van der Waals surface area contributed by atoms with Crippen LogP contribution in [0.5, 0.6) is 0 Å². The van der Waals surface area contributed by atoms with Crippen molar-refractivity contribution < 1.29 is 4.74 Å². The van der Waals surface area contributed by atoms with Crippen molar-refractivity contribution in [3.05, 3.63) is 28.2 Å². The van der Waals surface area contributed by atoms with E-state index in [1.54, 1.807) is 7.11 Å². The molecule has 0 amide bonds. The van der Waals surface area contributed by atoms with E-state index in [1.807, 2.05) is 0 Å². The first-order valence-electron chi connectivity index (χ1n) is 7.51. The number of anilines is 1. The Morgan fingerprint density at radius 1 is 1.40 bits per heavy atom. The van der Waals surface area contributed by atoms with Crippen LogP contribution in [0.2, 0.25) is 0 Å². The Balaban J connectivity index is 2.02. The minimum absolute atomic E-state index is 0.700. The van der Waals surface area contributed by atoms with Crippen LogP contribution in [0.3, 0.4) is 0 Å². The van der Waals surface area contributed by atoms with E-state index in [2.05, 4.69) is 51.3 Å². The molecule has 1 aliphatic carbocycles. The Morgan fingerprint density at radius 3 is 2.80 bits per heavy atom. The van der Waals surface area contributed by atoms with Crippen molar-refractivity contribution >= 4 is 21.6 Å². The minimum Gasteiger partial charge on any atom is -0.383 e. The number of rotatable bonds is 9. The lowest BCUT2D eigenvalue weighted by molar-refractivity contribution is 0.205. The van der Waals surface area contributed by atoms with Crippen LogP contribution in [0, 0.1) is 0 Å². The zero-order valence-corrected chi connectivity index (χ0v) is 14.1. The molecule has 0 bridgehead atoms. The summed E-state index contributed by atoms with van der Waals surface area (Å²) >= 11 is 3.73. The predicted molar refractivity (Wildman–Crippen MR) is 88.4 cm³/mol. The molecule has 0 aliphatic heterocycles. The van der Waals surface area contributed by atoms with E-state index in [0.717, 1.165) is 26.2 Å². The SMILES string of the molecule is CCCNCc1ccc(N(CCOC)C2CC2)c(Br)c1. The summed E-state index contributed by atoms with van der Waals surface area (Å²) in [4.78, 5) is 2.47. The zero-order valence-electron chi connectivity index (χ0n) is 12.5. The summed E-state index contributed by atoms with van der Waals surface area (Å²) in [7, 11) is 1.77. The van der Waals surface area contributed by atoms with Gasteiger partial charge < -0.3 is 15.0 Å². The average Bonchev–Trinajstić information content (AvgIpc) is 3.26. The number of methoxy groups -OCH3 is 1. The molecule has 20 heavy (non-hydrogen) atoms. The van der Waals surface area contributed by atoms with E-state index in [-0.39, 0.29) is 0 Å². The van der Waals surface area contributed by atoms with Crippen molar-refractivity contribution in [1.29, 1.82) is 0 Å². The summed E-state index contributed by atoms with van der Waals surface area (Å²) < 4.78 is 6.42. The van der Waals surface area contributed by atoms with Gasteiger partial charge in [-0.1, -0.05) is 13.0 Å². The van der Waals surface area contributed by atoms with Gasteiger partial charge in [0.05, 0.1) is 12.3 Å². The summed E-state index contributed by atoms with van der Waals surface area (Å²) in [6, 6.07) is 7.40. The quantitative estimate of drug-likeness (QED) is 0.695. The second-order valence-corrected chi connectivity index (χ2v) is 6.23. The van der Waals surface area contributed by atoms with Crippen LogP contribution in [-0.4, -0.2) is 32.8 Å². The molecule has 0 heterocycles. The molecule has 0 aromatic heterocycles. The molecule has 1 aromatic rings. The van der Waals surface area contributed by atoms with Crippen molar-refractivity contribution in [3.8, 4) is 0 Å². The Bertz CT molecular complexity index is 421. The second kappa shape index (κ2) is 8.01. The standard InChI is InChI=1S/C16H25BrN2O/c1-3-8-18-12-13-4-7-16(15(17)11-13)19(9-10-20-2)14-5-6-14/h4,7,11,14,18H,3,5-6,8-10,12H2,1-2H3. The highest BCUT2D eigenvalue weighted by atomic mass is 79.9. The Hall–Kier alpha value is -0.580. The van der Waals surface area contributed by atoms with E-state index in [9.17, 15) is 0 Å². The number of hydrogen-bond donors (Lipinski definition) is 1. The minimum atomic E-state index is 0.700. The van der Waals surface area contributed by atoms with Crippen LogP contribution in [0.25, 0.3) is 0 Å². The Kier molecular flexibility index (Phi) is 6.33. The summed E-state index contributed by atoms with van der Waals surface area (Å²) in [5, 5.41) is 3.44. The summed E-state index contributed by atoms with van der Waals surface area (Å²) in [6.07, 6.45) is 3.78. The molecule has 4 heteroatoms. The van der Waals surface area contributed by atoms with Gasteiger partial charge in [-0.3, -0.25) is 0 Å². The molecule has 1 saturated carbocycles. The fraction of sp³-hybridized carbons (Fsp3) is 0.625. The third-order valence-electron chi connectivity index (χ3n) is 3.60. The maximum absolute atomic E-state index is 5.23. The van der Waals surface area contributed by atoms with Crippen LogP contribution in [0.1, 0.15) is 31.7 Å². The average molecular weight is 341 g/mol. The van der Waals surface area contributed by atoms with E-state index >= 15 is 0 Å². The lowest BCUT2D eigenvalue weighted by Gasteiger charge is -2.26. The molecule has 0 atom stereocenters. The van der Waals surface area contributed by atoms with Crippen LogP contribution in [-0.2, 0) is 11.3 Å². The van der Waals surface area contributed by atoms with E-state index < -0.39 is 0 Å². The molecule has 2 rings (SSSR count). The van der Waals surface area contributed by atoms with Crippen molar-refractivity contribution in [3.63, 3.8) is 0 Å². The van der Waals surface area contributed by atoms with Crippen molar-refractivity contribution in [1.82, 2.24) is 5.32 Å². The molecule has 1 aliphatic rings. The molecule has 112 valence electrons. The third kappa shape index (κ3) is 4.47. The number of hydrogen-bond acceptors (Lipinski definition) is 3. The van der Waals surface area contributed by atoms with Gasteiger partial charge in [-0.05, 0) is 59.4 Å². The van der Waals surface area contributed by atoms with Gasteiger partial charge in [-0.15, -0.1) is 0 Å². The normalized spacial score (nSPS) is 14.6. The number of halogens is 1. The number of nitrogens with one attached hydrogen (secondary N) is 1. The molecule has 0 saturated heterocycles. The zero-order chi connectivity index (χ0) is 14.4. The molecule has 1 N–H and O–H groups in total. The Labute approximate surface area is 130 Å². The number of benzene rings is 1. The fourth-order valence-corrected chi connectivity index (χ4v) is 3.03.